The summed E-state index contributed by atoms with van der Waals surface area (Å²) in [5.41, 5.74) is 2.19. The van der Waals surface area contributed by atoms with Gasteiger partial charge in [0.25, 0.3) is 0 Å². The zero-order valence-corrected chi connectivity index (χ0v) is 37.4. The Morgan fingerprint density at radius 1 is 0.528 bits per heavy atom. The van der Waals surface area contributed by atoms with Gasteiger partial charge in [0.15, 0.2) is 5.11 Å². The van der Waals surface area contributed by atoms with Gasteiger partial charge in [-0.05, 0) is 251 Å². The van der Waals surface area contributed by atoms with Crippen molar-refractivity contribution in [3.05, 3.63) is 0 Å². The smallest absolute Gasteiger partial charge is 0.169 e. The monoisotopic (exact) mass is 749 g/mol. The molecule has 18 atom stereocenters. The summed E-state index contributed by atoms with van der Waals surface area (Å²) in [6, 6.07) is 2.59. The van der Waals surface area contributed by atoms with Crippen molar-refractivity contribution in [1.29, 1.82) is 0 Å². The molecule has 0 aromatic heterocycles. The van der Waals surface area contributed by atoms with Crippen LogP contribution in [0.5, 0.6) is 0 Å². The molecule has 0 aromatic carbocycles. The van der Waals surface area contributed by atoms with Gasteiger partial charge in [-0.3, -0.25) is 0 Å². The molecule has 8 fully saturated rings. The number of hydrogen-bond donors (Lipinski definition) is 1. The maximum Gasteiger partial charge on any atom is 0.169 e. The molecule has 0 spiro atoms. The van der Waals surface area contributed by atoms with Crippen LogP contribution in [0.4, 0.5) is 0 Å². The van der Waals surface area contributed by atoms with Crippen LogP contribution >= 0.6 is 12.2 Å². The zero-order valence-electron chi connectivity index (χ0n) is 36.6. The molecule has 0 heterocycles. The SMILES string of the molecule is C[C@H]([C@H]1CC[C@H]2[C@H]3CC[C@@H]4C[C@@H](NC(=S)N(C)[C@H]5CC[C@@]6(C)[C@@H](CC[C@H]7[C@@H]6CC[C@]6(C)[C@@H]([C@H](C)N(C)C)CC[C@@H]76)C5)CC[C@]4(C)[C@H]3CC[C@]12C)N(C)C. The van der Waals surface area contributed by atoms with Crippen LogP contribution in [0.25, 0.3) is 0 Å². The second kappa shape index (κ2) is 14.2. The Labute approximate surface area is 333 Å². The summed E-state index contributed by atoms with van der Waals surface area (Å²) in [5, 5.41) is 5.10. The van der Waals surface area contributed by atoms with Gasteiger partial charge >= 0.3 is 0 Å². The lowest BCUT2D eigenvalue weighted by Crippen LogP contribution is -2.58. The molecule has 1 N–H and O–H groups in total. The molecule has 0 bridgehead atoms. The zero-order chi connectivity index (χ0) is 37.8. The highest BCUT2D eigenvalue weighted by atomic mass is 32.1. The molecular formula is C48H84N4S. The number of hydrogen-bond acceptors (Lipinski definition) is 3. The molecule has 4 nitrogen and oxygen atoms in total. The van der Waals surface area contributed by atoms with Crippen molar-refractivity contribution in [1.82, 2.24) is 20.0 Å². The fourth-order valence-electron chi connectivity index (χ4n) is 17.8. The topological polar surface area (TPSA) is 21.8 Å². The first-order valence-electron chi connectivity index (χ1n) is 23.4. The standard InChI is InChI=1S/C48H84N4S/c1-30(50(7)8)38-16-18-40-36-14-12-32-28-34(20-24-45(32,3)42(36)22-26-47(38,40)5)49-44(53)52(11)35-21-25-46(4)33(29-35)13-15-37-41-19-17-39(31(2)51(9)10)48(41,6)27-23-43(37)46/h30-43H,12-29H2,1-11H3,(H,49,53)/t30-,31+,32-,33+,34+,35+,36-,37-,38-,39-,40+,41+,42+,43+,45+,46+,47-,48-/m1/s1. The van der Waals surface area contributed by atoms with Gasteiger partial charge in [-0.2, -0.15) is 0 Å². The minimum atomic E-state index is 0.536. The Morgan fingerprint density at radius 3 is 1.45 bits per heavy atom. The van der Waals surface area contributed by atoms with Crippen LogP contribution in [-0.2, 0) is 0 Å². The van der Waals surface area contributed by atoms with Crippen LogP contribution in [0, 0.1) is 80.8 Å². The highest BCUT2D eigenvalue weighted by Gasteiger charge is 2.63. The minimum Gasteiger partial charge on any atom is -0.360 e. The summed E-state index contributed by atoms with van der Waals surface area (Å²) in [6.45, 7) is 16.0. The molecule has 8 saturated carbocycles. The first kappa shape index (κ1) is 39.4. The third kappa shape index (κ3) is 6.16. The summed E-state index contributed by atoms with van der Waals surface area (Å²) in [4.78, 5) is 7.58. The largest absolute Gasteiger partial charge is 0.360 e. The Kier molecular flexibility index (Phi) is 10.5. The van der Waals surface area contributed by atoms with Gasteiger partial charge in [-0.25, -0.2) is 0 Å². The lowest BCUT2D eigenvalue weighted by molar-refractivity contribution is -0.121. The second-order valence-corrected chi connectivity index (χ2v) is 23.5. The van der Waals surface area contributed by atoms with Gasteiger partial charge in [0.1, 0.15) is 0 Å². The van der Waals surface area contributed by atoms with E-state index in [1.54, 1.807) is 0 Å². The lowest BCUT2D eigenvalue weighted by atomic mass is 9.44. The Hall–Kier alpha value is -0.390. The normalized spacial score (nSPS) is 51.6. The number of thiocarbonyl (C=S) groups is 1. The molecular weight excluding hydrogens is 665 g/mol. The number of fused-ring (bicyclic) bond motifs is 10. The van der Waals surface area contributed by atoms with E-state index in [0.717, 1.165) is 64.3 Å². The lowest BCUT2D eigenvalue weighted by Gasteiger charge is -2.62. The molecule has 302 valence electrons. The third-order valence-corrected chi connectivity index (χ3v) is 21.8. The van der Waals surface area contributed by atoms with E-state index in [1.807, 2.05) is 0 Å². The van der Waals surface area contributed by atoms with Crippen LogP contribution in [0.1, 0.15) is 157 Å². The van der Waals surface area contributed by atoms with Gasteiger partial charge < -0.3 is 20.0 Å². The van der Waals surface area contributed by atoms with E-state index in [4.69, 9.17) is 12.2 Å². The Morgan fingerprint density at radius 2 is 0.962 bits per heavy atom. The van der Waals surface area contributed by atoms with Crippen LogP contribution < -0.4 is 5.32 Å². The quantitative estimate of drug-likeness (QED) is 0.272. The fourth-order valence-corrected chi connectivity index (χ4v) is 18.1. The van der Waals surface area contributed by atoms with Gasteiger partial charge in [-0.15, -0.1) is 0 Å². The molecule has 0 saturated heterocycles. The van der Waals surface area contributed by atoms with Crippen LogP contribution in [-0.4, -0.2) is 79.2 Å². The maximum atomic E-state index is 6.31. The van der Waals surface area contributed by atoms with E-state index < -0.39 is 0 Å². The van der Waals surface area contributed by atoms with Crippen LogP contribution in [0.2, 0.25) is 0 Å². The summed E-state index contributed by atoms with van der Waals surface area (Å²) in [6.07, 6.45) is 25.9. The highest BCUT2D eigenvalue weighted by molar-refractivity contribution is 7.80. The third-order valence-electron chi connectivity index (χ3n) is 21.4. The number of rotatable bonds is 6. The van der Waals surface area contributed by atoms with Gasteiger partial charge in [0, 0.05) is 31.2 Å². The van der Waals surface area contributed by atoms with E-state index in [0.29, 0.717) is 45.8 Å². The molecule has 5 heteroatoms. The minimum absolute atomic E-state index is 0.536. The summed E-state index contributed by atoms with van der Waals surface area (Å²) in [5.74, 6) is 9.25. The van der Waals surface area contributed by atoms with Crippen LogP contribution in [0.3, 0.4) is 0 Å². The summed E-state index contributed by atoms with van der Waals surface area (Å²) < 4.78 is 0. The van der Waals surface area contributed by atoms with Crippen molar-refractivity contribution in [2.45, 2.75) is 181 Å². The van der Waals surface area contributed by atoms with Crippen molar-refractivity contribution >= 4 is 17.3 Å². The molecule has 8 rings (SSSR count). The van der Waals surface area contributed by atoms with Crippen molar-refractivity contribution in [3.63, 3.8) is 0 Å². The second-order valence-electron chi connectivity index (χ2n) is 23.1. The highest BCUT2D eigenvalue weighted by Crippen LogP contribution is 2.70. The molecule has 0 radical (unpaired) electrons. The number of nitrogens with one attached hydrogen (secondary N) is 1. The molecule has 53 heavy (non-hydrogen) atoms. The average Bonchev–Trinajstić information content (AvgIpc) is 3.67. The van der Waals surface area contributed by atoms with E-state index in [1.165, 1.54) is 116 Å². The molecule has 0 amide bonds. The van der Waals surface area contributed by atoms with Crippen LogP contribution in [0.15, 0.2) is 0 Å². The average molecular weight is 749 g/mol. The van der Waals surface area contributed by atoms with E-state index >= 15 is 0 Å². The summed E-state index contributed by atoms with van der Waals surface area (Å²) in [7, 11) is 11.6. The predicted molar refractivity (Wildman–Crippen MR) is 228 cm³/mol. The van der Waals surface area contributed by atoms with E-state index in [-0.39, 0.29) is 0 Å². The fraction of sp³-hybridized carbons (Fsp3) is 0.979. The Bertz CT molecular complexity index is 1350. The predicted octanol–water partition coefficient (Wildman–Crippen LogP) is 10.7. The van der Waals surface area contributed by atoms with Crippen molar-refractivity contribution in [3.8, 4) is 0 Å². The molecule has 8 aliphatic carbocycles. The maximum absolute atomic E-state index is 6.31. The first-order valence-corrected chi connectivity index (χ1v) is 23.8. The van der Waals surface area contributed by atoms with Gasteiger partial charge in [-0.1, -0.05) is 27.7 Å². The first-order chi connectivity index (χ1) is 25.0. The summed E-state index contributed by atoms with van der Waals surface area (Å²) >= 11 is 6.31. The van der Waals surface area contributed by atoms with Gasteiger partial charge in [0.05, 0.1) is 0 Å². The van der Waals surface area contributed by atoms with Gasteiger partial charge in [0.2, 0.25) is 0 Å². The van der Waals surface area contributed by atoms with Crippen molar-refractivity contribution in [2.75, 3.05) is 35.2 Å². The molecule has 0 unspecified atom stereocenters. The molecule has 0 aliphatic heterocycles. The Balaban J connectivity index is 0.858. The molecule has 0 aromatic rings. The number of nitrogens with zero attached hydrogens (tertiary/aromatic N) is 3. The molecule has 8 aliphatic rings. The van der Waals surface area contributed by atoms with Crippen molar-refractivity contribution in [2.24, 2.45) is 80.8 Å². The van der Waals surface area contributed by atoms with E-state index in [9.17, 15) is 0 Å². The van der Waals surface area contributed by atoms with Crippen molar-refractivity contribution < 1.29 is 0 Å². The van der Waals surface area contributed by atoms with E-state index in [2.05, 4.69) is 96.8 Å².